The second-order valence-corrected chi connectivity index (χ2v) is 5.86. The molecule has 1 saturated heterocycles. The van der Waals surface area contributed by atoms with E-state index in [1.807, 2.05) is 0 Å². The van der Waals surface area contributed by atoms with Crippen molar-refractivity contribution in [3.8, 4) is 0 Å². The second kappa shape index (κ2) is 5.85. The van der Waals surface area contributed by atoms with Crippen LogP contribution in [0.5, 0.6) is 0 Å². The summed E-state index contributed by atoms with van der Waals surface area (Å²) < 4.78 is 0. The van der Waals surface area contributed by atoms with Gasteiger partial charge in [0.15, 0.2) is 0 Å². The Bertz CT molecular complexity index is 392. The Morgan fingerprint density at radius 2 is 2.00 bits per heavy atom. The molecule has 2 nitrogen and oxygen atoms in total. The Kier molecular flexibility index (Phi) is 4.41. The number of hydrogen-bond acceptors (Lipinski definition) is 2. The van der Waals surface area contributed by atoms with E-state index < -0.39 is 0 Å². The van der Waals surface area contributed by atoms with Crippen molar-refractivity contribution in [1.29, 1.82) is 0 Å². The smallest absolute Gasteiger partial charge is 0.0382 e. The number of nitrogens with one attached hydrogen (secondary N) is 1. The molecule has 2 heteroatoms. The highest BCUT2D eigenvalue weighted by molar-refractivity contribution is 5.32. The van der Waals surface area contributed by atoms with Gasteiger partial charge in [-0.2, -0.15) is 0 Å². The van der Waals surface area contributed by atoms with E-state index in [2.05, 4.69) is 56.4 Å². The van der Waals surface area contributed by atoms with Crippen molar-refractivity contribution in [2.45, 2.75) is 32.7 Å². The van der Waals surface area contributed by atoms with Crippen LogP contribution in [0.4, 0.5) is 0 Å². The highest BCUT2D eigenvalue weighted by Crippen LogP contribution is 2.32. The summed E-state index contributed by atoms with van der Waals surface area (Å²) in [5.74, 6) is 0.732. The Hall–Kier alpha value is -0.860. The zero-order chi connectivity index (χ0) is 13.1. The first-order chi connectivity index (χ1) is 8.59. The fourth-order valence-electron chi connectivity index (χ4n) is 3.09. The zero-order valence-corrected chi connectivity index (χ0v) is 12.2. The molecule has 2 atom stereocenters. The van der Waals surface area contributed by atoms with Gasteiger partial charge in [0, 0.05) is 6.04 Å². The van der Waals surface area contributed by atoms with Crippen LogP contribution in [-0.4, -0.2) is 32.1 Å². The van der Waals surface area contributed by atoms with E-state index >= 15 is 0 Å². The van der Waals surface area contributed by atoms with Gasteiger partial charge in [0.25, 0.3) is 0 Å². The van der Waals surface area contributed by atoms with Crippen molar-refractivity contribution in [2.24, 2.45) is 5.92 Å². The minimum Gasteiger partial charge on any atom is -0.316 e. The minimum atomic E-state index is 0.539. The lowest BCUT2D eigenvalue weighted by Crippen LogP contribution is -2.38. The summed E-state index contributed by atoms with van der Waals surface area (Å²) in [7, 11) is 4.41. The number of rotatable bonds is 3. The molecule has 2 rings (SSSR count). The Morgan fingerprint density at radius 3 is 2.56 bits per heavy atom. The lowest BCUT2D eigenvalue weighted by Gasteiger charge is -2.35. The quantitative estimate of drug-likeness (QED) is 0.882. The maximum absolute atomic E-state index is 3.54. The predicted octanol–water partition coefficient (Wildman–Crippen LogP) is 2.91. The van der Waals surface area contributed by atoms with Gasteiger partial charge in [-0.1, -0.05) is 18.2 Å². The van der Waals surface area contributed by atoms with Gasteiger partial charge < -0.3 is 10.2 Å². The highest BCUT2D eigenvalue weighted by Gasteiger charge is 2.26. The van der Waals surface area contributed by atoms with Crippen LogP contribution in [0, 0.1) is 19.8 Å². The summed E-state index contributed by atoms with van der Waals surface area (Å²) >= 11 is 0. The monoisotopic (exact) mass is 246 g/mol. The summed E-state index contributed by atoms with van der Waals surface area (Å²) in [6.07, 6.45) is 2.64. The molecule has 0 aliphatic carbocycles. The summed E-state index contributed by atoms with van der Waals surface area (Å²) in [5.41, 5.74) is 4.26. The van der Waals surface area contributed by atoms with E-state index in [1.54, 1.807) is 0 Å². The number of piperidine rings is 1. The van der Waals surface area contributed by atoms with Crippen LogP contribution in [-0.2, 0) is 0 Å². The van der Waals surface area contributed by atoms with Gasteiger partial charge >= 0.3 is 0 Å². The molecule has 0 radical (unpaired) electrons. The molecule has 1 heterocycles. The van der Waals surface area contributed by atoms with Crippen molar-refractivity contribution >= 4 is 0 Å². The molecule has 0 spiro atoms. The molecule has 1 aliphatic rings. The van der Waals surface area contributed by atoms with Crippen molar-refractivity contribution in [3.63, 3.8) is 0 Å². The normalized spacial score (nSPS) is 22.2. The molecule has 1 aromatic carbocycles. The summed E-state index contributed by atoms with van der Waals surface area (Å²) in [4.78, 5) is 2.38. The van der Waals surface area contributed by atoms with Crippen molar-refractivity contribution in [1.82, 2.24) is 10.2 Å². The Labute approximate surface area is 111 Å². The second-order valence-electron chi connectivity index (χ2n) is 5.86. The molecule has 0 saturated carbocycles. The molecule has 1 aromatic rings. The fraction of sp³-hybridized carbons (Fsp3) is 0.625. The third kappa shape index (κ3) is 2.93. The van der Waals surface area contributed by atoms with Crippen LogP contribution in [0.1, 0.15) is 35.6 Å². The van der Waals surface area contributed by atoms with E-state index in [4.69, 9.17) is 0 Å². The highest BCUT2D eigenvalue weighted by atomic mass is 15.1. The molecule has 2 unspecified atom stereocenters. The third-order valence-corrected chi connectivity index (χ3v) is 4.21. The van der Waals surface area contributed by atoms with Crippen molar-refractivity contribution in [3.05, 3.63) is 34.9 Å². The summed E-state index contributed by atoms with van der Waals surface area (Å²) in [5, 5.41) is 3.54. The molecule has 100 valence electrons. The molecule has 1 N–H and O–H groups in total. The molecular formula is C16H26N2. The van der Waals surface area contributed by atoms with Gasteiger partial charge in [0.05, 0.1) is 0 Å². The SMILES string of the molecule is Cc1ccc(C(C2CCCNC2)N(C)C)cc1C. The number of hydrogen-bond donors (Lipinski definition) is 1. The summed E-state index contributed by atoms with van der Waals surface area (Å²) in [6.45, 7) is 6.73. The fourth-order valence-corrected chi connectivity index (χ4v) is 3.09. The lowest BCUT2D eigenvalue weighted by molar-refractivity contribution is 0.181. The van der Waals surface area contributed by atoms with Crippen molar-refractivity contribution in [2.75, 3.05) is 27.2 Å². The lowest BCUT2D eigenvalue weighted by atomic mass is 9.85. The molecule has 1 fully saturated rings. The molecule has 0 bridgehead atoms. The maximum Gasteiger partial charge on any atom is 0.0382 e. The molecule has 0 amide bonds. The first-order valence-corrected chi connectivity index (χ1v) is 7.04. The minimum absolute atomic E-state index is 0.539. The van der Waals surface area contributed by atoms with Gasteiger partial charge in [0.1, 0.15) is 0 Å². The standard InChI is InChI=1S/C16H26N2/c1-12-7-8-14(10-13(12)2)16(18(3)4)15-6-5-9-17-11-15/h7-8,10,15-17H,5-6,9,11H2,1-4H3. The first kappa shape index (κ1) is 13.6. The number of benzene rings is 1. The summed E-state index contributed by atoms with van der Waals surface area (Å²) in [6, 6.07) is 7.48. The van der Waals surface area contributed by atoms with Crippen LogP contribution < -0.4 is 5.32 Å². The molecule has 18 heavy (non-hydrogen) atoms. The van der Waals surface area contributed by atoms with Gasteiger partial charge in [-0.3, -0.25) is 0 Å². The van der Waals surface area contributed by atoms with Gasteiger partial charge in [-0.05, 0) is 76.5 Å². The van der Waals surface area contributed by atoms with E-state index in [1.165, 1.54) is 36.1 Å². The first-order valence-electron chi connectivity index (χ1n) is 7.04. The zero-order valence-electron chi connectivity index (χ0n) is 12.2. The Balaban J connectivity index is 2.25. The van der Waals surface area contributed by atoms with Crippen LogP contribution in [0.15, 0.2) is 18.2 Å². The molecule has 1 aliphatic heterocycles. The maximum atomic E-state index is 3.54. The number of aryl methyl sites for hydroxylation is 2. The van der Waals surface area contributed by atoms with Gasteiger partial charge in [-0.25, -0.2) is 0 Å². The van der Waals surface area contributed by atoms with Crippen LogP contribution >= 0.6 is 0 Å². The van der Waals surface area contributed by atoms with E-state index in [0.717, 1.165) is 12.5 Å². The van der Waals surface area contributed by atoms with E-state index in [9.17, 15) is 0 Å². The average Bonchev–Trinajstić information content (AvgIpc) is 2.35. The topological polar surface area (TPSA) is 15.3 Å². The predicted molar refractivity (Wildman–Crippen MR) is 77.9 cm³/mol. The number of nitrogens with zero attached hydrogens (tertiary/aromatic N) is 1. The van der Waals surface area contributed by atoms with Gasteiger partial charge in [0.2, 0.25) is 0 Å². The molecule has 0 aromatic heterocycles. The van der Waals surface area contributed by atoms with Gasteiger partial charge in [-0.15, -0.1) is 0 Å². The Morgan fingerprint density at radius 1 is 1.22 bits per heavy atom. The van der Waals surface area contributed by atoms with Crippen LogP contribution in [0.3, 0.4) is 0 Å². The van der Waals surface area contributed by atoms with Crippen LogP contribution in [0.2, 0.25) is 0 Å². The molecular weight excluding hydrogens is 220 g/mol. The third-order valence-electron chi connectivity index (χ3n) is 4.21. The van der Waals surface area contributed by atoms with Crippen molar-refractivity contribution < 1.29 is 0 Å². The van der Waals surface area contributed by atoms with E-state index in [0.29, 0.717) is 6.04 Å². The average molecular weight is 246 g/mol. The van der Waals surface area contributed by atoms with E-state index in [-0.39, 0.29) is 0 Å². The largest absolute Gasteiger partial charge is 0.316 e. The van der Waals surface area contributed by atoms with Crippen LogP contribution in [0.25, 0.3) is 0 Å².